The van der Waals surface area contributed by atoms with Gasteiger partial charge in [0.05, 0.1) is 6.42 Å². The molecule has 142 valence electrons. The lowest BCUT2D eigenvalue weighted by Crippen LogP contribution is -2.43. The van der Waals surface area contributed by atoms with E-state index < -0.39 is 0 Å². The Kier molecular flexibility index (Phi) is 6.22. The number of amides is 2. The van der Waals surface area contributed by atoms with Gasteiger partial charge in [-0.05, 0) is 37.0 Å². The molecule has 0 aromatic heterocycles. The highest BCUT2D eigenvalue weighted by atomic mass is 19.1. The van der Waals surface area contributed by atoms with Gasteiger partial charge in [0.15, 0.2) is 0 Å². The van der Waals surface area contributed by atoms with Gasteiger partial charge < -0.3 is 10.2 Å². The van der Waals surface area contributed by atoms with Crippen molar-refractivity contribution in [1.82, 2.24) is 10.2 Å². The van der Waals surface area contributed by atoms with Crippen LogP contribution < -0.4 is 5.32 Å². The summed E-state index contributed by atoms with van der Waals surface area (Å²) >= 11 is 0. The van der Waals surface area contributed by atoms with Crippen LogP contribution in [0.3, 0.4) is 0 Å². The molecule has 2 amide bonds. The van der Waals surface area contributed by atoms with Crippen LogP contribution in [-0.2, 0) is 22.6 Å². The van der Waals surface area contributed by atoms with Gasteiger partial charge in [0.25, 0.3) is 0 Å². The number of rotatable bonds is 5. The quantitative estimate of drug-likeness (QED) is 0.881. The molecule has 2 aromatic carbocycles. The maximum absolute atomic E-state index is 13.7. The van der Waals surface area contributed by atoms with Gasteiger partial charge in [-0.2, -0.15) is 0 Å². The van der Waals surface area contributed by atoms with Crippen LogP contribution in [-0.4, -0.2) is 29.8 Å². The molecule has 1 aliphatic rings. The number of aryl methyl sites for hydroxylation is 1. The van der Waals surface area contributed by atoms with Crippen molar-refractivity contribution in [2.24, 2.45) is 5.92 Å². The second-order valence-corrected chi connectivity index (χ2v) is 7.13. The van der Waals surface area contributed by atoms with Gasteiger partial charge in [-0.1, -0.05) is 48.0 Å². The first kappa shape index (κ1) is 19.1. The number of carbonyl (C=O) groups is 2. The summed E-state index contributed by atoms with van der Waals surface area (Å²) in [6, 6.07) is 14.4. The van der Waals surface area contributed by atoms with Crippen molar-refractivity contribution in [3.63, 3.8) is 0 Å². The molecular weight excluding hydrogens is 343 g/mol. The Hall–Kier alpha value is -2.69. The fourth-order valence-corrected chi connectivity index (χ4v) is 3.35. The van der Waals surface area contributed by atoms with Gasteiger partial charge in [0.2, 0.25) is 11.8 Å². The van der Waals surface area contributed by atoms with Crippen molar-refractivity contribution < 1.29 is 14.0 Å². The van der Waals surface area contributed by atoms with Crippen molar-refractivity contribution in [1.29, 1.82) is 0 Å². The first-order valence-electron chi connectivity index (χ1n) is 9.37. The van der Waals surface area contributed by atoms with E-state index in [0.29, 0.717) is 38.0 Å². The molecule has 1 fully saturated rings. The third-order valence-electron chi connectivity index (χ3n) is 5.11. The van der Waals surface area contributed by atoms with Crippen LogP contribution in [0.15, 0.2) is 48.5 Å². The minimum atomic E-state index is -0.351. The minimum absolute atomic E-state index is 0.0387. The molecule has 0 aliphatic carbocycles. The molecule has 1 aliphatic heterocycles. The molecule has 4 nitrogen and oxygen atoms in total. The van der Waals surface area contributed by atoms with E-state index in [2.05, 4.69) is 5.32 Å². The molecule has 0 bridgehead atoms. The predicted molar refractivity (Wildman–Crippen MR) is 102 cm³/mol. The standard InChI is InChI=1S/C22H25FN2O2/c1-16-6-8-17(9-7-16)15-24-22(27)18-10-12-25(13-11-18)21(26)14-19-4-2-3-5-20(19)23/h2-9,18H,10-15H2,1H3,(H,24,27). The smallest absolute Gasteiger partial charge is 0.227 e. The van der Waals surface area contributed by atoms with Crippen molar-refractivity contribution in [3.05, 3.63) is 71.0 Å². The van der Waals surface area contributed by atoms with Gasteiger partial charge in [0, 0.05) is 25.6 Å². The summed E-state index contributed by atoms with van der Waals surface area (Å²) < 4.78 is 13.7. The summed E-state index contributed by atoms with van der Waals surface area (Å²) in [4.78, 5) is 26.5. The molecule has 0 saturated carbocycles. The highest BCUT2D eigenvalue weighted by Crippen LogP contribution is 2.19. The van der Waals surface area contributed by atoms with Crippen LogP contribution in [0.4, 0.5) is 4.39 Å². The lowest BCUT2D eigenvalue weighted by atomic mass is 9.95. The zero-order chi connectivity index (χ0) is 19.2. The molecule has 0 spiro atoms. The number of hydrogen-bond donors (Lipinski definition) is 1. The number of nitrogens with zero attached hydrogens (tertiary/aromatic N) is 1. The average Bonchev–Trinajstić information content (AvgIpc) is 2.69. The molecule has 5 heteroatoms. The minimum Gasteiger partial charge on any atom is -0.352 e. The zero-order valence-electron chi connectivity index (χ0n) is 15.6. The zero-order valence-corrected chi connectivity index (χ0v) is 15.6. The van der Waals surface area contributed by atoms with Crippen LogP contribution in [0.1, 0.15) is 29.5 Å². The molecule has 1 heterocycles. The Morgan fingerprint density at radius 3 is 2.41 bits per heavy atom. The van der Waals surface area contributed by atoms with E-state index in [1.54, 1.807) is 23.1 Å². The van der Waals surface area contributed by atoms with E-state index in [1.807, 2.05) is 31.2 Å². The van der Waals surface area contributed by atoms with Gasteiger partial charge >= 0.3 is 0 Å². The average molecular weight is 368 g/mol. The lowest BCUT2D eigenvalue weighted by Gasteiger charge is -2.31. The first-order chi connectivity index (χ1) is 13.0. The molecule has 1 N–H and O–H groups in total. The van der Waals surface area contributed by atoms with E-state index in [-0.39, 0.29) is 30.0 Å². The number of nitrogens with one attached hydrogen (secondary N) is 1. The molecule has 3 rings (SSSR count). The molecule has 0 radical (unpaired) electrons. The fourth-order valence-electron chi connectivity index (χ4n) is 3.35. The summed E-state index contributed by atoms with van der Waals surface area (Å²) in [6.07, 6.45) is 1.35. The third-order valence-corrected chi connectivity index (χ3v) is 5.11. The number of likely N-dealkylation sites (tertiary alicyclic amines) is 1. The summed E-state index contributed by atoms with van der Waals surface area (Å²) in [5.74, 6) is -0.473. The molecule has 2 aromatic rings. The van der Waals surface area contributed by atoms with E-state index in [0.717, 1.165) is 5.56 Å². The molecular formula is C22H25FN2O2. The highest BCUT2D eigenvalue weighted by molar-refractivity contribution is 5.81. The van der Waals surface area contributed by atoms with Crippen LogP contribution in [0.2, 0.25) is 0 Å². The number of halogens is 1. The SMILES string of the molecule is Cc1ccc(CNC(=O)C2CCN(C(=O)Cc3ccccc3F)CC2)cc1. The Morgan fingerprint density at radius 2 is 1.74 bits per heavy atom. The van der Waals surface area contributed by atoms with Crippen molar-refractivity contribution in [3.8, 4) is 0 Å². The normalized spacial score (nSPS) is 14.8. The molecule has 0 unspecified atom stereocenters. The topological polar surface area (TPSA) is 49.4 Å². The summed E-state index contributed by atoms with van der Waals surface area (Å²) in [7, 11) is 0. The van der Waals surface area contributed by atoms with Gasteiger partial charge in [-0.25, -0.2) is 4.39 Å². The van der Waals surface area contributed by atoms with Crippen molar-refractivity contribution >= 4 is 11.8 Å². The van der Waals surface area contributed by atoms with Gasteiger partial charge in [0.1, 0.15) is 5.82 Å². The number of hydrogen-bond acceptors (Lipinski definition) is 2. The Bertz CT molecular complexity index is 796. The monoisotopic (exact) mass is 368 g/mol. The van der Waals surface area contributed by atoms with E-state index in [4.69, 9.17) is 0 Å². The van der Waals surface area contributed by atoms with E-state index >= 15 is 0 Å². The van der Waals surface area contributed by atoms with Crippen LogP contribution in [0, 0.1) is 18.7 Å². The molecule has 27 heavy (non-hydrogen) atoms. The first-order valence-corrected chi connectivity index (χ1v) is 9.37. The Balaban J connectivity index is 1.45. The predicted octanol–water partition coefficient (Wildman–Crippen LogP) is 3.23. The van der Waals surface area contributed by atoms with E-state index in [9.17, 15) is 14.0 Å². The lowest BCUT2D eigenvalue weighted by molar-refractivity contribution is -0.135. The van der Waals surface area contributed by atoms with Gasteiger partial charge in [-0.15, -0.1) is 0 Å². The fraction of sp³-hybridized carbons (Fsp3) is 0.364. The third kappa shape index (κ3) is 5.16. The summed E-state index contributed by atoms with van der Waals surface area (Å²) in [5.41, 5.74) is 2.68. The number of piperidine rings is 1. The van der Waals surface area contributed by atoms with Crippen molar-refractivity contribution in [2.75, 3.05) is 13.1 Å². The summed E-state index contributed by atoms with van der Waals surface area (Å²) in [6.45, 7) is 3.63. The second kappa shape index (κ2) is 8.80. The van der Waals surface area contributed by atoms with Crippen LogP contribution in [0.5, 0.6) is 0 Å². The molecule has 0 atom stereocenters. The van der Waals surface area contributed by atoms with E-state index in [1.165, 1.54) is 11.6 Å². The van der Waals surface area contributed by atoms with Crippen LogP contribution >= 0.6 is 0 Å². The van der Waals surface area contributed by atoms with Crippen LogP contribution in [0.25, 0.3) is 0 Å². The molecule has 1 saturated heterocycles. The second-order valence-electron chi connectivity index (χ2n) is 7.13. The maximum Gasteiger partial charge on any atom is 0.227 e. The largest absolute Gasteiger partial charge is 0.352 e. The van der Waals surface area contributed by atoms with Crippen molar-refractivity contribution in [2.45, 2.75) is 32.7 Å². The Labute approximate surface area is 159 Å². The highest BCUT2D eigenvalue weighted by Gasteiger charge is 2.27. The number of benzene rings is 2. The number of carbonyl (C=O) groups excluding carboxylic acids is 2. The summed E-state index contributed by atoms with van der Waals surface area (Å²) in [5, 5.41) is 2.99. The van der Waals surface area contributed by atoms with Gasteiger partial charge in [-0.3, -0.25) is 9.59 Å². The maximum atomic E-state index is 13.7. The Morgan fingerprint density at radius 1 is 1.07 bits per heavy atom.